The van der Waals surface area contributed by atoms with Crippen LogP contribution in [0.2, 0.25) is 0 Å². The zero-order valence-electron chi connectivity index (χ0n) is 18.3. The van der Waals surface area contributed by atoms with Gasteiger partial charge in [-0.15, -0.1) is 0 Å². The van der Waals surface area contributed by atoms with Gasteiger partial charge in [0.1, 0.15) is 24.7 Å². The Hall–Kier alpha value is -3.34. The standard InChI is InChI=1S/C26H29N3O2/c1-3-16-28(17-4-2)26(30)18-29-23-14-8-7-13-22(23)27-25(29)19-31-24-15-9-11-20-10-5-6-12-21(20)24/h5-15H,3-4,16-19H2,1-2H3. The number of imidazole rings is 1. The van der Waals surface area contributed by atoms with Gasteiger partial charge in [0.25, 0.3) is 0 Å². The molecule has 0 atom stereocenters. The molecule has 31 heavy (non-hydrogen) atoms. The number of aromatic nitrogens is 2. The lowest BCUT2D eigenvalue weighted by Crippen LogP contribution is -2.35. The Morgan fingerprint density at radius 3 is 2.45 bits per heavy atom. The average Bonchev–Trinajstić information content (AvgIpc) is 3.14. The minimum absolute atomic E-state index is 0.123. The van der Waals surface area contributed by atoms with E-state index in [1.54, 1.807) is 0 Å². The summed E-state index contributed by atoms with van der Waals surface area (Å²) in [5.74, 6) is 1.70. The molecule has 4 rings (SSSR count). The third kappa shape index (κ3) is 4.55. The highest BCUT2D eigenvalue weighted by Crippen LogP contribution is 2.26. The van der Waals surface area contributed by atoms with Gasteiger partial charge in [-0.25, -0.2) is 4.98 Å². The molecule has 1 heterocycles. The van der Waals surface area contributed by atoms with Crippen LogP contribution < -0.4 is 4.74 Å². The van der Waals surface area contributed by atoms with Crippen molar-refractivity contribution in [3.8, 4) is 5.75 Å². The van der Waals surface area contributed by atoms with Gasteiger partial charge in [0.05, 0.1) is 11.0 Å². The minimum Gasteiger partial charge on any atom is -0.485 e. The second-order valence-corrected chi connectivity index (χ2v) is 7.75. The van der Waals surface area contributed by atoms with Gasteiger partial charge in [-0.2, -0.15) is 0 Å². The summed E-state index contributed by atoms with van der Waals surface area (Å²) in [5.41, 5.74) is 1.84. The van der Waals surface area contributed by atoms with E-state index in [-0.39, 0.29) is 12.5 Å². The fourth-order valence-electron chi connectivity index (χ4n) is 4.01. The van der Waals surface area contributed by atoms with Gasteiger partial charge in [0.15, 0.2) is 0 Å². The number of carbonyl (C=O) groups excluding carboxylic acids is 1. The number of hydrogen-bond donors (Lipinski definition) is 0. The molecule has 0 aliphatic heterocycles. The molecule has 0 bridgehead atoms. The first-order valence-electron chi connectivity index (χ1n) is 11.0. The van der Waals surface area contributed by atoms with Gasteiger partial charge in [-0.3, -0.25) is 4.79 Å². The van der Waals surface area contributed by atoms with E-state index < -0.39 is 0 Å². The van der Waals surface area contributed by atoms with Crippen molar-refractivity contribution in [1.29, 1.82) is 0 Å². The third-order valence-electron chi connectivity index (χ3n) is 5.47. The lowest BCUT2D eigenvalue weighted by atomic mass is 10.1. The zero-order chi connectivity index (χ0) is 21.6. The molecule has 4 aromatic rings. The number of para-hydroxylation sites is 2. The predicted octanol–water partition coefficient (Wildman–Crippen LogP) is 5.42. The van der Waals surface area contributed by atoms with Crippen LogP contribution in [-0.2, 0) is 17.9 Å². The van der Waals surface area contributed by atoms with E-state index in [9.17, 15) is 4.79 Å². The van der Waals surface area contributed by atoms with E-state index in [4.69, 9.17) is 9.72 Å². The molecule has 1 amide bonds. The molecule has 0 N–H and O–H groups in total. The van der Waals surface area contributed by atoms with Crippen LogP contribution in [0.5, 0.6) is 5.75 Å². The van der Waals surface area contributed by atoms with E-state index in [0.717, 1.165) is 59.3 Å². The van der Waals surface area contributed by atoms with Crippen molar-refractivity contribution < 1.29 is 9.53 Å². The van der Waals surface area contributed by atoms with Crippen molar-refractivity contribution in [2.75, 3.05) is 13.1 Å². The fraction of sp³-hybridized carbons (Fsp3) is 0.308. The Balaban J connectivity index is 1.62. The lowest BCUT2D eigenvalue weighted by molar-refractivity contribution is -0.131. The normalized spacial score (nSPS) is 11.2. The molecule has 0 radical (unpaired) electrons. The Bertz CT molecular complexity index is 1170. The molecule has 1 aromatic heterocycles. The number of fused-ring (bicyclic) bond motifs is 2. The maximum absolute atomic E-state index is 13.1. The number of benzene rings is 3. The molecule has 0 saturated carbocycles. The molecule has 0 unspecified atom stereocenters. The highest BCUT2D eigenvalue weighted by atomic mass is 16.5. The van der Waals surface area contributed by atoms with Gasteiger partial charge in [-0.1, -0.05) is 62.4 Å². The summed E-state index contributed by atoms with van der Waals surface area (Å²) in [6.45, 7) is 6.34. The van der Waals surface area contributed by atoms with E-state index in [2.05, 4.69) is 32.0 Å². The van der Waals surface area contributed by atoms with Crippen LogP contribution in [0, 0.1) is 0 Å². The first kappa shape index (κ1) is 20.9. The van der Waals surface area contributed by atoms with Gasteiger partial charge < -0.3 is 14.2 Å². The Morgan fingerprint density at radius 2 is 1.65 bits per heavy atom. The van der Waals surface area contributed by atoms with Gasteiger partial charge >= 0.3 is 0 Å². The van der Waals surface area contributed by atoms with Crippen molar-refractivity contribution in [3.05, 3.63) is 72.6 Å². The zero-order valence-corrected chi connectivity index (χ0v) is 18.3. The molecule has 5 heteroatoms. The highest BCUT2D eigenvalue weighted by Gasteiger charge is 2.18. The number of ether oxygens (including phenoxy) is 1. The van der Waals surface area contributed by atoms with Crippen LogP contribution in [0.25, 0.3) is 21.8 Å². The van der Waals surface area contributed by atoms with Crippen LogP contribution >= 0.6 is 0 Å². The number of carbonyl (C=O) groups is 1. The van der Waals surface area contributed by atoms with E-state index >= 15 is 0 Å². The molecule has 0 aliphatic carbocycles. The monoisotopic (exact) mass is 415 g/mol. The smallest absolute Gasteiger partial charge is 0.242 e. The van der Waals surface area contributed by atoms with Gasteiger partial charge in [0, 0.05) is 18.5 Å². The van der Waals surface area contributed by atoms with E-state index in [0.29, 0.717) is 6.61 Å². The molecule has 0 spiro atoms. The first-order chi connectivity index (χ1) is 15.2. The summed E-state index contributed by atoms with van der Waals surface area (Å²) >= 11 is 0. The number of amides is 1. The van der Waals surface area contributed by atoms with E-state index in [1.165, 1.54) is 0 Å². The molecule has 0 aliphatic rings. The first-order valence-corrected chi connectivity index (χ1v) is 11.0. The SMILES string of the molecule is CCCN(CCC)C(=O)Cn1c(COc2cccc3ccccc23)nc2ccccc21. The Kier molecular flexibility index (Phi) is 6.51. The van der Waals surface area contributed by atoms with Crippen molar-refractivity contribution in [2.24, 2.45) is 0 Å². The predicted molar refractivity (Wildman–Crippen MR) is 125 cm³/mol. The molecule has 3 aromatic carbocycles. The molecule has 5 nitrogen and oxygen atoms in total. The summed E-state index contributed by atoms with van der Waals surface area (Å²) in [6, 6.07) is 22.2. The fourth-order valence-corrected chi connectivity index (χ4v) is 4.01. The van der Waals surface area contributed by atoms with Gasteiger partial charge in [0.2, 0.25) is 5.91 Å². The summed E-state index contributed by atoms with van der Waals surface area (Å²) in [6.07, 6.45) is 1.90. The van der Waals surface area contributed by atoms with E-state index in [1.807, 2.05) is 58.0 Å². The maximum Gasteiger partial charge on any atom is 0.242 e. The molecule has 0 fully saturated rings. The van der Waals surface area contributed by atoms with Crippen LogP contribution in [0.3, 0.4) is 0 Å². The summed E-state index contributed by atoms with van der Waals surface area (Å²) < 4.78 is 8.21. The number of nitrogens with zero attached hydrogens (tertiary/aromatic N) is 3. The van der Waals surface area contributed by atoms with Crippen molar-refractivity contribution in [3.63, 3.8) is 0 Å². The molecular formula is C26H29N3O2. The number of rotatable bonds is 9. The Morgan fingerprint density at radius 1 is 0.935 bits per heavy atom. The maximum atomic E-state index is 13.1. The molecular weight excluding hydrogens is 386 g/mol. The highest BCUT2D eigenvalue weighted by molar-refractivity contribution is 5.88. The summed E-state index contributed by atoms with van der Waals surface area (Å²) in [4.78, 5) is 19.8. The van der Waals surface area contributed by atoms with Crippen LogP contribution in [0.15, 0.2) is 66.7 Å². The van der Waals surface area contributed by atoms with Crippen molar-refractivity contribution in [2.45, 2.75) is 39.8 Å². The lowest BCUT2D eigenvalue weighted by Gasteiger charge is -2.22. The van der Waals surface area contributed by atoms with Gasteiger partial charge in [-0.05, 0) is 36.4 Å². The average molecular weight is 416 g/mol. The molecule has 0 saturated heterocycles. The Labute approximate surface area is 183 Å². The third-order valence-corrected chi connectivity index (χ3v) is 5.47. The van der Waals surface area contributed by atoms with Crippen molar-refractivity contribution >= 4 is 27.7 Å². The van der Waals surface area contributed by atoms with Crippen LogP contribution in [-0.4, -0.2) is 33.4 Å². The second-order valence-electron chi connectivity index (χ2n) is 7.75. The van der Waals surface area contributed by atoms with Crippen LogP contribution in [0.4, 0.5) is 0 Å². The second kappa shape index (κ2) is 9.65. The van der Waals surface area contributed by atoms with Crippen LogP contribution in [0.1, 0.15) is 32.5 Å². The largest absolute Gasteiger partial charge is 0.485 e. The summed E-state index contributed by atoms with van der Waals surface area (Å²) in [5, 5.41) is 2.21. The van der Waals surface area contributed by atoms with Crippen molar-refractivity contribution in [1.82, 2.24) is 14.5 Å². The summed E-state index contributed by atoms with van der Waals surface area (Å²) in [7, 11) is 0. The topological polar surface area (TPSA) is 47.4 Å². The minimum atomic E-state index is 0.123. The number of hydrogen-bond acceptors (Lipinski definition) is 3. The molecule has 160 valence electrons. The quantitative estimate of drug-likeness (QED) is 0.367.